The van der Waals surface area contributed by atoms with Crippen molar-refractivity contribution in [2.45, 2.75) is 37.8 Å². The fourth-order valence-electron chi connectivity index (χ4n) is 4.49. The van der Waals surface area contributed by atoms with Crippen LogP contribution in [0.15, 0.2) is 78.9 Å². The van der Waals surface area contributed by atoms with Gasteiger partial charge >= 0.3 is 12.1 Å². The highest BCUT2D eigenvalue weighted by atomic mass is 16.5. The number of aliphatic carboxylic acids is 1. The van der Waals surface area contributed by atoms with Crippen molar-refractivity contribution in [3.05, 3.63) is 95.6 Å². The Kier molecular flexibility index (Phi) is 6.87. The Morgan fingerprint density at radius 3 is 2.00 bits per heavy atom. The van der Waals surface area contributed by atoms with Crippen LogP contribution < -0.4 is 10.6 Å². The predicted molar refractivity (Wildman–Crippen MR) is 132 cm³/mol. The minimum atomic E-state index is -1.64. The van der Waals surface area contributed by atoms with E-state index in [-0.39, 0.29) is 18.9 Å². The summed E-state index contributed by atoms with van der Waals surface area (Å²) in [6.07, 6.45) is -0.467. The average Bonchev–Trinajstić information content (AvgIpc) is 3.20. The van der Waals surface area contributed by atoms with E-state index in [1.54, 1.807) is 37.3 Å². The van der Waals surface area contributed by atoms with Gasteiger partial charge in [-0.2, -0.15) is 0 Å². The van der Waals surface area contributed by atoms with Crippen molar-refractivity contribution in [3.63, 3.8) is 0 Å². The molecule has 1 aliphatic rings. The lowest BCUT2D eigenvalue weighted by atomic mass is 9.91. The Bertz CT molecular complexity index is 1200. The SMILES string of the molecule is CCC(NC(=O)OCC1c2ccccc2-c2ccccc21)C(=O)NC(C)(C(=O)O)c1ccccc1. The Morgan fingerprint density at radius 1 is 0.914 bits per heavy atom. The van der Waals surface area contributed by atoms with Gasteiger partial charge in [-0.15, -0.1) is 0 Å². The molecular weight excluding hydrogens is 444 g/mol. The molecule has 35 heavy (non-hydrogen) atoms. The van der Waals surface area contributed by atoms with Crippen molar-refractivity contribution < 1.29 is 24.2 Å². The van der Waals surface area contributed by atoms with Gasteiger partial charge in [0.2, 0.25) is 5.91 Å². The van der Waals surface area contributed by atoms with Gasteiger partial charge in [0.1, 0.15) is 12.6 Å². The van der Waals surface area contributed by atoms with Crippen LogP contribution >= 0.6 is 0 Å². The van der Waals surface area contributed by atoms with Crippen molar-refractivity contribution in [1.29, 1.82) is 0 Å². The van der Waals surface area contributed by atoms with E-state index in [4.69, 9.17) is 4.74 Å². The summed E-state index contributed by atoms with van der Waals surface area (Å²) < 4.78 is 5.54. The number of nitrogens with one attached hydrogen (secondary N) is 2. The van der Waals surface area contributed by atoms with E-state index in [2.05, 4.69) is 22.8 Å². The molecule has 2 atom stereocenters. The standard InChI is InChI=1S/C28H28N2O5/c1-3-24(25(31)30-28(2,26(32)33)18-11-5-4-6-12-18)29-27(34)35-17-23-21-15-9-7-13-19(21)20-14-8-10-16-22(20)23/h4-16,23-24H,3,17H2,1-2H3,(H,29,34)(H,30,31)(H,32,33). The van der Waals surface area contributed by atoms with Gasteiger partial charge in [0.05, 0.1) is 0 Å². The summed E-state index contributed by atoms with van der Waals surface area (Å²) in [6.45, 7) is 3.27. The van der Waals surface area contributed by atoms with E-state index in [0.29, 0.717) is 5.56 Å². The minimum absolute atomic E-state index is 0.101. The third-order valence-electron chi connectivity index (χ3n) is 6.51. The lowest BCUT2D eigenvalue weighted by molar-refractivity contribution is -0.147. The third-order valence-corrected chi connectivity index (χ3v) is 6.51. The number of carboxylic acids is 1. The van der Waals surface area contributed by atoms with Crippen molar-refractivity contribution in [3.8, 4) is 11.1 Å². The molecule has 0 fully saturated rings. The van der Waals surface area contributed by atoms with Gasteiger partial charge < -0.3 is 20.5 Å². The zero-order chi connectivity index (χ0) is 25.0. The number of carbonyl (C=O) groups excluding carboxylic acids is 2. The zero-order valence-electron chi connectivity index (χ0n) is 19.7. The smallest absolute Gasteiger partial charge is 0.407 e. The monoisotopic (exact) mass is 472 g/mol. The lowest BCUT2D eigenvalue weighted by Crippen LogP contribution is -2.56. The second kappa shape index (κ2) is 10.0. The first-order valence-corrected chi connectivity index (χ1v) is 11.6. The summed E-state index contributed by atoms with van der Waals surface area (Å²) in [4.78, 5) is 37.6. The Labute approximate surface area is 204 Å². The van der Waals surface area contributed by atoms with Crippen LogP contribution in [-0.4, -0.2) is 35.7 Å². The molecule has 2 unspecified atom stereocenters. The van der Waals surface area contributed by atoms with Crippen LogP contribution in [0, 0.1) is 0 Å². The molecule has 7 nitrogen and oxygen atoms in total. The van der Waals surface area contributed by atoms with Crippen LogP contribution in [0.2, 0.25) is 0 Å². The molecule has 3 aromatic rings. The molecule has 0 bridgehead atoms. The van der Waals surface area contributed by atoms with Crippen LogP contribution in [0.1, 0.15) is 42.9 Å². The quantitative estimate of drug-likeness (QED) is 0.450. The maximum atomic E-state index is 12.9. The summed E-state index contributed by atoms with van der Waals surface area (Å²) in [7, 11) is 0. The molecule has 3 aromatic carbocycles. The van der Waals surface area contributed by atoms with Crippen molar-refractivity contribution in [2.24, 2.45) is 0 Å². The number of alkyl carbamates (subject to hydrolysis) is 1. The summed E-state index contributed by atoms with van der Waals surface area (Å²) in [5.74, 6) is -1.90. The number of ether oxygens (including phenoxy) is 1. The lowest BCUT2D eigenvalue weighted by Gasteiger charge is -2.29. The van der Waals surface area contributed by atoms with E-state index in [1.165, 1.54) is 6.92 Å². The van der Waals surface area contributed by atoms with Crippen LogP contribution in [0.3, 0.4) is 0 Å². The molecule has 1 aliphatic carbocycles. The summed E-state index contributed by atoms with van der Waals surface area (Å²) in [5, 5.41) is 15.0. The van der Waals surface area contributed by atoms with Gasteiger partial charge in [-0.3, -0.25) is 4.79 Å². The van der Waals surface area contributed by atoms with Gasteiger partial charge in [0, 0.05) is 5.92 Å². The number of carbonyl (C=O) groups is 3. The van der Waals surface area contributed by atoms with Crippen LogP contribution in [0.4, 0.5) is 4.79 Å². The van der Waals surface area contributed by atoms with Crippen LogP contribution in [-0.2, 0) is 19.9 Å². The fraction of sp³-hybridized carbons (Fsp3) is 0.250. The van der Waals surface area contributed by atoms with E-state index >= 15 is 0 Å². The molecule has 4 rings (SSSR count). The maximum Gasteiger partial charge on any atom is 0.407 e. The second-order valence-corrected chi connectivity index (χ2v) is 8.72. The molecular formula is C28H28N2O5. The third kappa shape index (κ3) is 4.75. The highest BCUT2D eigenvalue weighted by Gasteiger charge is 2.38. The predicted octanol–water partition coefficient (Wildman–Crippen LogP) is 4.42. The van der Waals surface area contributed by atoms with Crippen molar-refractivity contribution >= 4 is 18.0 Å². The van der Waals surface area contributed by atoms with Gasteiger partial charge in [-0.05, 0) is 41.2 Å². The number of amides is 2. The molecule has 0 saturated carbocycles. The molecule has 0 heterocycles. The number of benzene rings is 3. The van der Waals surface area contributed by atoms with E-state index in [0.717, 1.165) is 22.3 Å². The fourth-order valence-corrected chi connectivity index (χ4v) is 4.49. The normalized spacial score (nSPS) is 14.7. The second-order valence-electron chi connectivity index (χ2n) is 8.72. The molecule has 0 saturated heterocycles. The van der Waals surface area contributed by atoms with E-state index < -0.39 is 29.6 Å². The molecule has 180 valence electrons. The molecule has 0 aliphatic heterocycles. The molecule has 2 amide bonds. The summed E-state index contributed by atoms with van der Waals surface area (Å²) in [5.41, 5.74) is 3.21. The van der Waals surface area contributed by atoms with Crippen LogP contribution in [0.25, 0.3) is 11.1 Å². The van der Waals surface area contributed by atoms with Crippen LogP contribution in [0.5, 0.6) is 0 Å². The first kappa shape index (κ1) is 24.0. The van der Waals surface area contributed by atoms with Gasteiger partial charge in [-0.1, -0.05) is 85.8 Å². The number of fused-ring (bicyclic) bond motifs is 3. The largest absolute Gasteiger partial charge is 0.479 e. The minimum Gasteiger partial charge on any atom is -0.479 e. The highest BCUT2D eigenvalue weighted by molar-refractivity contribution is 5.91. The molecule has 0 radical (unpaired) electrons. The topological polar surface area (TPSA) is 105 Å². The highest BCUT2D eigenvalue weighted by Crippen LogP contribution is 2.44. The average molecular weight is 473 g/mol. The van der Waals surface area contributed by atoms with E-state index in [9.17, 15) is 19.5 Å². The Balaban J connectivity index is 1.42. The molecule has 7 heteroatoms. The molecule has 0 aromatic heterocycles. The Hall–Kier alpha value is -4.13. The first-order chi connectivity index (χ1) is 16.8. The number of carboxylic acid groups (broad SMARTS) is 1. The van der Waals surface area contributed by atoms with Gasteiger partial charge in [0.25, 0.3) is 0 Å². The molecule has 0 spiro atoms. The zero-order valence-corrected chi connectivity index (χ0v) is 19.7. The first-order valence-electron chi connectivity index (χ1n) is 11.6. The van der Waals surface area contributed by atoms with Crippen molar-refractivity contribution in [1.82, 2.24) is 10.6 Å². The van der Waals surface area contributed by atoms with Crippen molar-refractivity contribution in [2.75, 3.05) is 6.61 Å². The molecule has 3 N–H and O–H groups in total. The van der Waals surface area contributed by atoms with E-state index in [1.807, 2.05) is 36.4 Å². The van der Waals surface area contributed by atoms with Gasteiger partial charge in [0.15, 0.2) is 5.54 Å². The maximum absolute atomic E-state index is 12.9. The number of rotatable bonds is 8. The Morgan fingerprint density at radius 2 is 1.46 bits per heavy atom. The van der Waals surface area contributed by atoms with Gasteiger partial charge in [-0.25, -0.2) is 9.59 Å². The number of hydrogen-bond acceptors (Lipinski definition) is 4. The summed E-state index contributed by atoms with van der Waals surface area (Å²) >= 11 is 0. The summed E-state index contributed by atoms with van der Waals surface area (Å²) in [6, 6.07) is 23.5. The number of hydrogen-bond donors (Lipinski definition) is 3.